The van der Waals surface area contributed by atoms with E-state index in [1.807, 2.05) is 7.05 Å². The quantitative estimate of drug-likeness (QED) is 0.809. The van der Waals surface area contributed by atoms with Gasteiger partial charge in [0, 0.05) is 19.3 Å². The van der Waals surface area contributed by atoms with Gasteiger partial charge in [-0.15, -0.1) is 0 Å². The highest BCUT2D eigenvalue weighted by Gasteiger charge is 2.17. The van der Waals surface area contributed by atoms with Gasteiger partial charge in [0.2, 0.25) is 0 Å². The average molecular weight is 232 g/mol. The van der Waals surface area contributed by atoms with Crippen molar-refractivity contribution in [1.29, 1.82) is 0 Å². The summed E-state index contributed by atoms with van der Waals surface area (Å²) in [5, 5.41) is 3.15. The van der Waals surface area contributed by atoms with Gasteiger partial charge in [0.15, 0.2) is 0 Å². The van der Waals surface area contributed by atoms with Crippen molar-refractivity contribution in [3.63, 3.8) is 0 Å². The smallest absolute Gasteiger partial charge is 0.0337 e. The van der Waals surface area contributed by atoms with Crippen LogP contribution < -0.4 is 5.32 Å². The summed E-state index contributed by atoms with van der Waals surface area (Å²) in [4.78, 5) is 2.44. The molecule has 1 aliphatic carbocycles. The maximum atomic E-state index is 3.15. The van der Waals surface area contributed by atoms with Crippen LogP contribution in [0.5, 0.6) is 0 Å². The van der Waals surface area contributed by atoms with Crippen LogP contribution in [-0.4, -0.2) is 25.5 Å². The van der Waals surface area contributed by atoms with Crippen molar-refractivity contribution in [2.75, 3.05) is 26.0 Å². The molecule has 94 valence electrons. The van der Waals surface area contributed by atoms with Gasteiger partial charge in [0.1, 0.15) is 0 Å². The van der Waals surface area contributed by atoms with Crippen molar-refractivity contribution < 1.29 is 0 Å². The number of nitrogens with zero attached hydrogens (tertiary/aromatic N) is 1. The molecule has 2 rings (SSSR count). The van der Waals surface area contributed by atoms with Crippen LogP contribution in [0, 0.1) is 5.92 Å². The van der Waals surface area contributed by atoms with Crippen LogP contribution in [-0.2, 0) is 6.54 Å². The molecule has 2 nitrogen and oxygen atoms in total. The molecule has 0 spiro atoms. The zero-order valence-electron chi connectivity index (χ0n) is 11.1. The second-order valence-corrected chi connectivity index (χ2v) is 5.27. The van der Waals surface area contributed by atoms with Gasteiger partial charge in [-0.25, -0.2) is 0 Å². The minimum Gasteiger partial charge on any atom is -0.388 e. The fourth-order valence-electron chi connectivity index (χ4n) is 2.35. The largest absolute Gasteiger partial charge is 0.388 e. The molecule has 1 saturated carbocycles. The minimum atomic E-state index is 1.02. The minimum absolute atomic E-state index is 1.02. The van der Waals surface area contributed by atoms with Crippen molar-refractivity contribution in [2.24, 2.45) is 5.92 Å². The normalized spacial score (nSPS) is 15.9. The number of rotatable bonds is 6. The van der Waals surface area contributed by atoms with Crippen molar-refractivity contribution in [3.8, 4) is 0 Å². The van der Waals surface area contributed by atoms with E-state index in [4.69, 9.17) is 0 Å². The lowest BCUT2D eigenvalue weighted by atomic mass is 9.83. The lowest BCUT2D eigenvalue weighted by Gasteiger charge is -2.27. The number of anilines is 1. The van der Waals surface area contributed by atoms with E-state index >= 15 is 0 Å². The van der Waals surface area contributed by atoms with Crippen LogP contribution in [0.4, 0.5) is 5.69 Å². The Hall–Kier alpha value is -1.02. The molecule has 0 aromatic heterocycles. The first kappa shape index (κ1) is 12.4. The first-order valence-electron chi connectivity index (χ1n) is 6.73. The summed E-state index contributed by atoms with van der Waals surface area (Å²) in [5.74, 6) is 1.02. The van der Waals surface area contributed by atoms with Gasteiger partial charge in [-0.05, 0) is 43.6 Å². The topological polar surface area (TPSA) is 15.3 Å². The maximum Gasteiger partial charge on any atom is 0.0337 e. The van der Waals surface area contributed by atoms with E-state index in [1.165, 1.54) is 43.5 Å². The highest BCUT2D eigenvalue weighted by molar-refractivity contribution is 5.43. The molecule has 0 amide bonds. The summed E-state index contributed by atoms with van der Waals surface area (Å²) < 4.78 is 0. The number of benzene rings is 1. The Morgan fingerprint density at radius 2 is 1.94 bits per heavy atom. The predicted octanol–water partition coefficient (Wildman–Crippen LogP) is 3.35. The van der Waals surface area contributed by atoms with E-state index in [9.17, 15) is 0 Å². The van der Waals surface area contributed by atoms with Crippen molar-refractivity contribution >= 4 is 5.69 Å². The standard InChI is InChI=1S/C15H24N2/c1-16-15-8-6-14(7-9-15)12-17(2)11-10-13-4-3-5-13/h6-9,13,16H,3-5,10-12H2,1-2H3. The zero-order valence-corrected chi connectivity index (χ0v) is 11.1. The highest BCUT2D eigenvalue weighted by atomic mass is 15.1. The maximum absolute atomic E-state index is 3.15. The highest BCUT2D eigenvalue weighted by Crippen LogP contribution is 2.29. The first-order valence-corrected chi connectivity index (χ1v) is 6.73. The third-order valence-corrected chi connectivity index (χ3v) is 3.84. The molecule has 2 heteroatoms. The number of hydrogen-bond donors (Lipinski definition) is 1. The van der Waals surface area contributed by atoms with Crippen LogP contribution in [0.25, 0.3) is 0 Å². The summed E-state index contributed by atoms with van der Waals surface area (Å²) in [6.07, 6.45) is 5.76. The Labute approximate surface area is 105 Å². The molecule has 0 radical (unpaired) electrons. The molecule has 1 aromatic carbocycles. The molecule has 0 saturated heterocycles. The molecule has 17 heavy (non-hydrogen) atoms. The zero-order chi connectivity index (χ0) is 12.1. The second kappa shape index (κ2) is 6.06. The molecule has 0 unspecified atom stereocenters. The Morgan fingerprint density at radius 1 is 1.24 bits per heavy atom. The SMILES string of the molecule is CNc1ccc(CN(C)CCC2CCC2)cc1. The first-order chi connectivity index (χ1) is 8.28. The van der Waals surface area contributed by atoms with Gasteiger partial charge in [0.25, 0.3) is 0 Å². The van der Waals surface area contributed by atoms with E-state index in [1.54, 1.807) is 0 Å². The van der Waals surface area contributed by atoms with Gasteiger partial charge in [-0.1, -0.05) is 31.4 Å². The van der Waals surface area contributed by atoms with E-state index in [0.717, 1.165) is 12.5 Å². The Kier molecular flexibility index (Phi) is 4.43. The Balaban J connectivity index is 1.74. The van der Waals surface area contributed by atoms with E-state index in [0.29, 0.717) is 0 Å². The third kappa shape index (κ3) is 3.74. The fourth-order valence-corrected chi connectivity index (χ4v) is 2.35. The second-order valence-electron chi connectivity index (χ2n) is 5.27. The van der Waals surface area contributed by atoms with Crippen LogP contribution in [0.1, 0.15) is 31.2 Å². The summed E-state index contributed by atoms with van der Waals surface area (Å²) in [6.45, 7) is 2.30. The van der Waals surface area contributed by atoms with Gasteiger partial charge in [-0.2, -0.15) is 0 Å². The number of hydrogen-bond acceptors (Lipinski definition) is 2. The summed E-state index contributed by atoms with van der Waals surface area (Å²) in [5.41, 5.74) is 2.59. The van der Waals surface area contributed by atoms with E-state index in [-0.39, 0.29) is 0 Å². The van der Waals surface area contributed by atoms with Gasteiger partial charge < -0.3 is 10.2 Å². The third-order valence-electron chi connectivity index (χ3n) is 3.84. The summed E-state index contributed by atoms with van der Waals surface area (Å²) >= 11 is 0. The lowest BCUT2D eigenvalue weighted by molar-refractivity contribution is 0.235. The summed E-state index contributed by atoms with van der Waals surface area (Å²) in [7, 11) is 4.18. The molecule has 0 aliphatic heterocycles. The van der Waals surface area contributed by atoms with Crippen LogP contribution >= 0.6 is 0 Å². The van der Waals surface area contributed by atoms with Gasteiger partial charge in [0.05, 0.1) is 0 Å². The van der Waals surface area contributed by atoms with Crippen molar-refractivity contribution in [1.82, 2.24) is 4.90 Å². The molecular formula is C15H24N2. The Morgan fingerprint density at radius 3 is 2.47 bits per heavy atom. The van der Waals surface area contributed by atoms with Crippen LogP contribution in [0.3, 0.4) is 0 Å². The van der Waals surface area contributed by atoms with Gasteiger partial charge >= 0.3 is 0 Å². The molecule has 1 fully saturated rings. The molecule has 0 heterocycles. The van der Waals surface area contributed by atoms with Crippen molar-refractivity contribution in [3.05, 3.63) is 29.8 Å². The Bertz CT molecular complexity index is 327. The van der Waals surface area contributed by atoms with Crippen molar-refractivity contribution in [2.45, 2.75) is 32.2 Å². The molecular weight excluding hydrogens is 208 g/mol. The lowest BCUT2D eigenvalue weighted by Crippen LogP contribution is -2.23. The molecule has 1 N–H and O–H groups in total. The number of nitrogens with one attached hydrogen (secondary N) is 1. The van der Waals surface area contributed by atoms with E-state index in [2.05, 4.69) is 41.5 Å². The van der Waals surface area contributed by atoms with E-state index < -0.39 is 0 Å². The fraction of sp³-hybridized carbons (Fsp3) is 0.600. The molecule has 0 bridgehead atoms. The molecule has 1 aliphatic rings. The molecule has 1 aromatic rings. The predicted molar refractivity (Wildman–Crippen MR) is 74.3 cm³/mol. The van der Waals surface area contributed by atoms with Crippen LogP contribution in [0.15, 0.2) is 24.3 Å². The average Bonchev–Trinajstić information content (AvgIpc) is 2.28. The van der Waals surface area contributed by atoms with Crippen LogP contribution in [0.2, 0.25) is 0 Å². The monoisotopic (exact) mass is 232 g/mol. The van der Waals surface area contributed by atoms with Gasteiger partial charge in [-0.3, -0.25) is 0 Å². The molecule has 0 atom stereocenters. The summed E-state index contributed by atoms with van der Waals surface area (Å²) in [6, 6.07) is 8.72.